The van der Waals surface area contributed by atoms with Crippen molar-refractivity contribution in [2.75, 3.05) is 12.4 Å². The van der Waals surface area contributed by atoms with Crippen LogP contribution in [0.1, 0.15) is 21.6 Å². The second-order valence-electron chi connectivity index (χ2n) is 6.85. The number of hydrogen-bond acceptors (Lipinski definition) is 3. The Labute approximate surface area is 163 Å². The Balaban J connectivity index is 1.54. The first kappa shape index (κ1) is 17.9. The monoisotopic (exact) mass is 374 g/mol. The fourth-order valence-corrected chi connectivity index (χ4v) is 3.44. The van der Waals surface area contributed by atoms with Crippen molar-refractivity contribution in [3.05, 3.63) is 77.7 Å². The molecule has 6 heteroatoms. The summed E-state index contributed by atoms with van der Waals surface area (Å²) >= 11 is 0. The lowest BCUT2D eigenvalue weighted by Gasteiger charge is -2.05. The van der Waals surface area contributed by atoms with E-state index in [0.717, 1.165) is 16.7 Å². The molecule has 0 aliphatic heterocycles. The molecule has 0 saturated heterocycles. The highest BCUT2D eigenvalue weighted by Crippen LogP contribution is 2.28. The fraction of sp³-hybridized carbons (Fsp3) is 0.182. The molecule has 2 aromatic heterocycles. The highest BCUT2D eigenvalue weighted by molar-refractivity contribution is 6.07. The van der Waals surface area contributed by atoms with Gasteiger partial charge in [0, 0.05) is 18.6 Å². The largest absolute Gasteiger partial charge is 0.496 e. The zero-order chi connectivity index (χ0) is 19.7. The van der Waals surface area contributed by atoms with Crippen molar-refractivity contribution in [3.63, 3.8) is 0 Å². The zero-order valence-corrected chi connectivity index (χ0v) is 16.1. The number of carbonyl (C=O) groups is 1. The van der Waals surface area contributed by atoms with Gasteiger partial charge < -0.3 is 14.6 Å². The molecule has 1 amide bonds. The molecule has 0 bridgehead atoms. The van der Waals surface area contributed by atoms with Crippen molar-refractivity contribution < 1.29 is 9.53 Å². The van der Waals surface area contributed by atoms with Crippen molar-refractivity contribution in [2.24, 2.45) is 7.05 Å². The minimum Gasteiger partial charge on any atom is -0.496 e. The van der Waals surface area contributed by atoms with Gasteiger partial charge in [-0.1, -0.05) is 35.9 Å². The van der Waals surface area contributed by atoms with Gasteiger partial charge in [-0.2, -0.15) is 5.10 Å². The Bertz CT molecular complexity index is 1160. The average Bonchev–Trinajstić information content (AvgIpc) is 3.26. The smallest absolute Gasteiger partial charge is 0.272 e. The lowest BCUT2D eigenvalue weighted by molar-refractivity contribution is 0.101. The summed E-state index contributed by atoms with van der Waals surface area (Å²) in [5.74, 6) is 0.564. The molecule has 0 unspecified atom stereocenters. The van der Waals surface area contributed by atoms with Crippen LogP contribution in [-0.2, 0) is 13.6 Å². The quantitative estimate of drug-likeness (QED) is 0.574. The van der Waals surface area contributed by atoms with Crippen molar-refractivity contribution in [1.29, 1.82) is 0 Å². The highest BCUT2D eigenvalue weighted by Gasteiger charge is 2.16. The number of rotatable bonds is 5. The summed E-state index contributed by atoms with van der Waals surface area (Å²) < 4.78 is 9.08. The molecule has 2 heterocycles. The van der Waals surface area contributed by atoms with Crippen molar-refractivity contribution in [3.8, 4) is 5.75 Å². The molecule has 142 valence electrons. The first-order valence-corrected chi connectivity index (χ1v) is 9.07. The van der Waals surface area contributed by atoms with E-state index in [4.69, 9.17) is 4.74 Å². The number of carbonyl (C=O) groups excluding carboxylic acids is 1. The van der Waals surface area contributed by atoms with E-state index < -0.39 is 0 Å². The number of ether oxygens (including phenoxy) is 1. The topological polar surface area (TPSA) is 61.1 Å². The molecule has 0 radical (unpaired) electrons. The summed E-state index contributed by atoms with van der Waals surface area (Å²) in [5.41, 5.74) is 4.55. The first-order valence-electron chi connectivity index (χ1n) is 9.07. The van der Waals surface area contributed by atoms with Gasteiger partial charge in [-0.3, -0.25) is 9.48 Å². The van der Waals surface area contributed by atoms with E-state index in [1.165, 1.54) is 11.1 Å². The Morgan fingerprint density at radius 3 is 2.79 bits per heavy atom. The van der Waals surface area contributed by atoms with Crippen LogP contribution in [0, 0.1) is 6.92 Å². The third-order valence-corrected chi connectivity index (χ3v) is 4.82. The summed E-state index contributed by atoms with van der Waals surface area (Å²) in [5, 5.41) is 8.20. The first-order chi connectivity index (χ1) is 13.5. The van der Waals surface area contributed by atoms with E-state index in [9.17, 15) is 4.79 Å². The molecule has 2 aromatic carbocycles. The molecular weight excluding hydrogens is 352 g/mol. The molecule has 0 aliphatic carbocycles. The van der Waals surface area contributed by atoms with Crippen LogP contribution >= 0.6 is 0 Å². The molecule has 0 aliphatic rings. The number of amides is 1. The molecule has 0 spiro atoms. The van der Waals surface area contributed by atoms with Crippen LogP contribution in [0.5, 0.6) is 5.75 Å². The number of benzene rings is 2. The van der Waals surface area contributed by atoms with Gasteiger partial charge in [-0.25, -0.2) is 0 Å². The number of nitrogens with zero attached hydrogens (tertiary/aromatic N) is 3. The third kappa shape index (κ3) is 3.36. The van der Waals surface area contributed by atoms with E-state index in [0.29, 0.717) is 17.9 Å². The molecule has 4 rings (SSSR count). The normalized spacial score (nSPS) is 11.0. The van der Waals surface area contributed by atoms with Crippen LogP contribution < -0.4 is 10.1 Å². The summed E-state index contributed by atoms with van der Waals surface area (Å²) in [4.78, 5) is 12.8. The van der Waals surface area contributed by atoms with Gasteiger partial charge in [0.1, 0.15) is 11.4 Å². The minimum atomic E-state index is -0.184. The van der Waals surface area contributed by atoms with Crippen LogP contribution in [0.2, 0.25) is 0 Å². The number of fused-ring (bicyclic) bond motifs is 1. The van der Waals surface area contributed by atoms with Gasteiger partial charge in [0.05, 0.1) is 31.1 Å². The molecule has 0 fully saturated rings. The van der Waals surface area contributed by atoms with Crippen LogP contribution in [0.15, 0.2) is 60.9 Å². The maximum atomic E-state index is 12.8. The Kier molecular flexibility index (Phi) is 4.61. The average molecular weight is 374 g/mol. The van der Waals surface area contributed by atoms with Crippen LogP contribution in [0.25, 0.3) is 10.9 Å². The van der Waals surface area contributed by atoms with E-state index in [1.807, 2.05) is 52.8 Å². The number of aryl methyl sites for hydroxylation is 2. The van der Waals surface area contributed by atoms with Gasteiger partial charge in [0.15, 0.2) is 0 Å². The molecule has 0 saturated carbocycles. The third-order valence-electron chi connectivity index (χ3n) is 4.82. The number of methoxy groups -OCH3 is 1. The number of aromatic nitrogens is 3. The van der Waals surface area contributed by atoms with E-state index in [2.05, 4.69) is 35.5 Å². The van der Waals surface area contributed by atoms with Crippen molar-refractivity contribution in [2.45, 2.75) is 13.5 Å². The molecule has 1 N–H and O–H groups in total. The molecular formula is C22H22N4O2. The standard InChI is InChI=1S/C22H22N4O2/c1-15-6-4-7-16(10-15)13-26-14-17(12-23-26)24-22(27)20-11-18-19(25(20)2)8-5-9-21(18)28-3/h4-12,14H,13H2,1-3H3,(H,24,27). The van der Waals surface area contributed by atoms with E-state index >= 15 is 0 Å². The summed E-state index contributed by atoms with van der Waals surface area (Å²) in [6.07, 6.45) is 3.50. The van der Waals surface area contributed by atoms with Gasteiger partial charge in [-0.05, 0) is 30.7 Å². The number of nitrogens with one attached hydrogen (secondary N) is 1. The van der Waals surface area contributed by atoms with E-state index in [-0.39, 0.29) is 5.91 Å². The van der Waals surface area contributed by atoms with Crippen LogP contribution in [-0.4, -0.2) is 27.4 Å². The Morgan fingerprint density at radius 1 is 1.18 bits per heavy atom. The summed E-state index contributed by atoms with van der Waals surface area (Å²) in [6, 6.07) is 15.9. The van der Waals surface area contributed by atoms with Gasteiger partial charge in [0.25, 0.3) is 5.91 Å². The van der Waals surface area contributed by atoms with Gasteiger partial charge >= 0.3 is 0 Å². The predicted molar refractivity (Wildman–Crippen MR) is 110 cm³/mol. The Hall–Kier alpha value is -3.54. The lowest BCUT2D eigenvalue weighted by Crippen LogP contribution is -2.15. The zero-order valence-electron chi connectivity index (χ0n) is 16.1. The van der Waals surface area contributed by atoms with Crippen LogP contribution in [0.4, 0.5) is 5.69 Å². The molecule has 28 heavy (non-hydrogen) atoms. The second kappa shape index (κ2) is 7.23. The molecule has 4 aromatic rings. The van der Waals surface area contributed by atoms with Gasteiger partial charge in [0.2, 0.25) is 0 Å². The maximum Gasteiger partial charge on any atom is 0.272 e. The predicted octanol–water partition coefficient (Wildman–Crippen LogP) is 3.99. The summed E-state index contributed by atoms with van der Waals surface area (Å²) in [7, 11) is 3.50. The van der Waals surface area contributed by atoms with Crippen LogP contribution in [0.3, 0.4) is 0 Å². The highest BCUT2D eigenvalue weighted by atomic mass is 16.5. The van der Waals surface area contributed by atoms with Gasteiger partial charge in [-0.15, -0.1) is 0 Å². The number of hydrogen-bond donors (Lipinski definition) is 1. The van der Waals surface area contributed by atoms with Crippen molar-refractivity contribution in [1.82, 2.24) is 14.3 Å². The lowest BCUT2D eigenvalue weighted by atomic mass is 10.1. The van der Waals surface area contributed by atoms with E-state index in [1.54, 1.807) is 13.3 Å². The SMILES string of the molecule is COc1cccc2c1cc(C(=O)Nc1cnn(Cc3cccc(C)c3)c1)n2C. The fourth-order valence-electron chi connectivity index (χ4n) is 3.44. The maximum absolute atomic E-state index is 12.8. The Morgan fingerprint density at radius 2 is 2.00 bits per heavy atom. The second-order valence-corrected chi connectivity index (χ2v) is 6.85. The molecule has 6 nitrogen and oxygen atoms in total. The molecule has 0 atom stereocenters. The minimum absolute atomic E-state index is 0.184. The van der Waals surface area contributed by atoms with Crippen molar-refractivity contribution >= 4 is 22.5 Å². The summed E-state index contributed by atoms with van der Waals surface area (Å²) in [6.45, 7) is 2.72. The number of anilines is 1.